The lowest BCUT2D eigenvalue weighted by Gasteiger charge is -2.17. The van der Waals surface area contributed by atoms with Gasteiger partial charge < -0.3 is 5.32 Å². The van der Waals surface area contributed by atoms with Crippen LogP contribution in [0.25, 0.3) is 0 Å². The molecule has 100 valence electrons. The predicted molar refractivity (Wildman–Crippen MR) is 75.7 cm³/mol. The van der Waals surface area contributed by atoms with Gasteiger partial charge in [-0.15, -0.1) is 0 Å². The Hall–Kier alpha value is -1.81. The highest BCUT2D eigenvalue weighted by molar-refractivity contribution is 5.12. The molecule has 0 aliphatic carbocycles. The summed E-state index contributed by atoms with van der Waals surface area (Å²) >= 11 is 0. The topological polar surface area (TPSA) is 50.7 Å². The number of hydrogen-bond acceptors (Lipinski definition) is 4. The van der Waals surface area contributed by atoms with Gasteiger partial charge in [-0.05, 0) is 32.0 Å². The van der Waals surface area contributed by atoms with Crippen molar-refractivity contribution in [3.8, 4) is 0 Å². The number of aromatic nitrogens is 3. The van der Waals surface area contributed by atoms with E-state index in [1.165, 1.54) is 0 Å². The Balaban J connectivity index is 2.13. The zero-order chi connectivity index (χ0) is 13.5. The molecule has 0 amide bonds. The Labute approximate surface area is 114 Å². The molecule has 0 bridgehead atoms. The fourth-order valence-corrected chi connectivity index (χ4v) is 1.91. The minimum Gasteiger partial charge on any atom is -0.308 e. The molecule has 1 unspecified atom stereocenters. The first-order valence-electron chi connectivity index (χ1n) is 6.71. The van der Waals surface area contributed by atoms with Crippen LogP contribution in [-0.2, 0) is 6.42 Å². The molecule has 2 heterocycles. The van der Waals surface area contributed by atoms with Gasteiger partial charge in [0.05, 0.1) is 23.6 Å². The van der Waals surface area contributed by atoms with Gasteiger partial charge in [0.25, 0.3) is 0 Å². The maximum atomic E-state index is 4.47. The Morgan fingerprint density at radius 2 is 2.05 bits per heavy atom. The largest absolute Gasteiger partial charge is 0.308 e. The van der Waals surface area contributed by atoms with Crippen LogP contribution in [0.5, 0.6) is 0 Å². The van der Waals surface area contributed by atoms with Crippen LogP contribution in [0.15, 0.2) is 36.8 Å². The molecule has 1 atom stereocenters. The quantitative estimate of drug-likeness (QED) is 0.862. The highest BCUT2D eigenvalue weighted by Gasteiger charge is 2.13. The van der Waals surface area contributed by atoms with Crippen molar-refractivity contribution in [2.24, 2.45) is 0 Å². The summed E-state index contributed by atoms with van der Waals surface area (Å²) in [5.74, 6) is 0. The van der Waals surface area contributed by atoms with Gasteiger partial charge in [-0.3, -0.25) is 15.0 Å². The van der Waals surface area contributed by atoms with Crippen molar-refractivity contribution in [2.75, 3.05) is 6.54 Å². The fraction of sp³-hybridized carbons (Fsp3) is 0.400. The first-order valence-corrected chi connectivity index (χ1v) is 6.71. The van der Waals surface area contributed by atoms with E-state index in [9.17, 15) is 0 Å². The van der Waals surface area contributed by atoms with E-state index < -0.39 is 0 Å². The maximum absolute atomic E-state index is 4.47. The van der Waals surface area contributed by atoms with Crippen LogP contribution in [0.3, 0.4) is 0 Å². The second kappa shape index (κ2) is 6.95. The highest BCUT2D eigenvalue weighted by atomic mass is 15.0. The molecule has 2 rings (SSSR count). The van der Waals surface area contributed by atoms with Gasteiger partial charge in [0.2, 0.25) is 0 Å². The summed E-state index contributed by atoms with van der Waals surface area (Å²) in [7, 11) is 0. The van der Waals surface area contributed by atoms with E-state index in [0.29, 0.717) is 0 Å². The molecule has 1 N–H and O–H groups in total. The van der Waals surface area contributed by atoms with E-state index >= 15 is 0 Å². The molecule has 4 heteroatoms. The second-order valence-electron chi connectivity index (χ2n) is 4.61. The van der Waals surface area contributed by atoms with Gasteiger partial charge in [0, 0.05) is 24.5 Å². The molecule has 0 aliphatic rings. The molecule has 0 fully saturated rings. The van der Waals surface area contributed by atoms with Crippen LogP contribution in [0.1, 0.15) is 36.5 Å². The number of rotatable bonds is 6. The molecular formula is C15H20N4. The summed E-state index contributed by atoms with van der Waals surface area (Å²) < 4.78 is 0. The Kier molecular flexibility index (Phi) is 4.98. The monoisotopic (exact) mass is 256 g/mol. The van der Waals surface area contributed by atoms with Crippen molar-refractivity contribution < 1.29 is 0 Å². The van der Waals surface area contributed by atoms with Crippen molar-refractivity contribution in [2.45, 2.75) is 32.7 Å². The lowest BCUT2D eigenvalue weighted by Crippen LogP contribution is -2.25. The first-order chi connectivity index (χ1) is 9.29. The molecule has 2 aromatic heterocycles. The smallest absolute Gasteiger partial charge is 0.0760 e. The van der Waals surface area contributed by atoms with Gasteiger partial charge in [-0.2, -0.15) is 0 Å². The Morgan fingerprint density at radius 1 is 1.16 bits per heavy atom. The van der Waals surface area contributed by atoms with Crippen LogP contribution in [0, 0.1) is 6.92 Å². The van der Waals surface area contributed by atoms with Crippen LogP contribution < -0.4 is 5.32 Å². The summed E-state index contributed by atoms with van der Waals surface area (Å²) in [6, 6.07) is 6.16. The zero-order valence-electron chi connectivity index (χ0n) is 11.5. The van der Waals surface area contributed by atoms with Crippen LogP contribution >= 0.6 is 0 Å². The van der Waals surface area contributed by atoms with E-state index in [1.54, 1.807) is 0 Å². The van der Waals surface area contributed by atoms with E-state index in [4.69, 9.17) is 0 Å². The maximum Gasteiger partial charge on any atom is 0.0760 e. The van der Waals surface area contributed by atoms with Gasteiger partial charge in [0.1, 0.15) is 0 Å². The molecule has 0 saturated heterocycles. The molecule has 4 nitrogen and oxygen atoms in total. The third-order valence-electron chi connectivity index (χ3n) is 2.94. The summed E-state index contributed by atoms with van der Waals surface area (Å²) in [6.07, 6.45) is 7.42. The van der Waals surface area contributed by atoms with E-state index in [0.717, 1.165) is 36.5 Å². The lowest BCUT2D eigenvalue weighted by molar-refractivity contribution is 0.511. The van der Waals surface area contributed by atoms with Crippen molar-refractivity contribution in [3.63, 3.8) is 0 Å². The predicted octanol–water partition coefficient (Wildman–Crippen LogP) is 2.46. The molecule has 0 spiro atoms. The number of aryl methyl sites for hydroxylation is 1. The minimum absolute atomic E-state index is 0.169. The standard InChI is InChI=1S/C15H20N4/c1-3-7-17-14(9-13-6-4-5-8-16-13)15-11-18-12(2)10-19-15/h4-6,8,10-11,14,17H,3,7,9H2,1-2H3. The van der Waals surface area contributed by atoms with Gasteiger partial charge in [-0.1, -0.05) is 13.0 Å². The fourth-order valence-electron chi connectivity index (χ4n) is 1.91. The average Bonchev–Trinajstić information content (AvgIpc) is 2.45. The SMILES string of the molecule is CCCNC(Cc1ccccn1)c1cnc(C)cn1. The summed E-state index contributed by atoms with van der Waals surface area (Å²) in [5, 5.41) is 3.51. The highest BCUT2D eigenvalue weighted by Crippen LogP contribution is 2.14. The van der Waals surface area contributed by atoms with Crippen molar-refractivity contribution >= 4 is 0 Å². The number of nitrogens with zero attached hydrogens (tertiary/aromatic N) is 3. The Morgan fingerprint density at radius 3 is 2.68 bits per heavy atom. The molecule has 0 saturated carbocycles. The average molecular weight is 256 g/mol. The van der Waals surface area contributed by atoms with Gasteiger partial charge in [-0.25, -0.2) is 0 Å². The number of pyridine rings is 1. The normalized spacial score (nSPS) is 12.3. The van der Waals surface area contributed by atoms with Crippen LogP contribution in [0.4, 0.5) is 0 Å². The number of nitrogens with one attached hydrogen (secondary N) is 1. The third-order valence-corrected chi connectivity index (χ3v) is 2.94. The van der Waals surface area contributed by atoms with Crippen molar-refractivity contribution in [1.82, 2.24) is 20.3 Å². The second-order valence-corrected chi connectivity index (χ2v) is 4.61. The van der Waals surface area contributed by atoms with Crippen LogP contribution in [-0.4, -0.2) is 21.5 Å². The zero-order valence-corrected chi connectivity index (χ0v) is 11.5. The molecule has 0 aliphatic heterocycles. The first kappa shape index (κ1) is 13.6. The molecular weight excluding hydrogens is 236 g/mol. The molecule has 2 aromatic rings. The van der Waals surface area contributed by atoms with Gasteiger partial charge in [0.15, 0.2) is 0 Å². The molecule has 0 radical (unpaired) electrons. The molecule has 19 heavy (non-hydrogen) atoms. The molecule has 0 aromatic carbocycles. The van der Waals surface area contributed by atoms with E-state index in [1.807, 2.05) is 43.7 Å². The summed E-state index contributed by atoms with van der Waals surface area (Å²) in [5.41, 5.74) is 2.99. The number of hydrogen-bond donors (Lipinski definition) is 1. The van der Waals surface area contributed by atoms with Crippen molar-refractivity contribution in [1.29, 1.82) is 0 Å². The van der Waals surface area contributed by atoms with Crippen molar-refractivity contribution in [3.05, 3.63) is 53.9 Å². The summed E-state index contributed by atoms with van der Waals surface area (Å²) in [6.45, 7) is 5.07. The lowest BCUT2D eigenvalue weighted by atomic mass is 10.1. The Bertz CT molecular complexity index is 481. The van der Waals surface area contributed by atoms with Gasteiger partial charge >= 0.3 is 0 Å². The van der Waals surface area contributed by atoms with Crippen LogP contribution in [0.2, 0.25) is 0 Å². The van der Waals surface area contributed by atoms with E-state index in [-0.39, 0.29) is 6.04 Å². The minimum atomic E-state index is 0.169. The third kappa shape index (κ3) is 4.10. The summed E-state index contributed by atoms with van der Waals surface area (Å²) in [4.78, 5) is 13.2. The van der Waals surface area contributed by atoms with E-state index in [2.05, 4.69) is 27.2 Å².